The molecular formula is C12H26N4. The van der Waals surface area contributed by atoms with Crippen LogP contribution in [0.5, 0.6) is 0 Å². The molecule has 2 atom stereocenters. The number of piperazine rings is 1. The van der Waals surface area contributed by atoms with Gasteiger partial charge in [-0.15, -0.1) is 0 Å². The van der Waals surface area contributed by atoms with E-state index in [-0.39, 0.29) is 0 Å². The van der Waals surface area contributed by atoms with Crippen LogP contribution in [0, 0.1) is 5.92 Å². The Bertz CT molecular complexity index is 213. The fraction of sp³-hybridized carbons (Fsp3) is 1.00. The topological polar surface area (TPSA) is 35.7 Å². The predicted molar refractivity (Wildman–Crippen MR) is 67.5 cm³/mol. The zero-order chi connectivity index (χ0) is 11.5. The van der Waals surface area contributed by atoms with E-state index < -0.39 is 0 Å². The van der Waals surface area contributed by atoms with E-state index in [2.05, 4.69) is 28.8 Å². The highest BCUT2D eigenvalue weighted by atomic mass is 15.3. The van der Waals surface area contributed by atoms with Gasteiger partial charge in [0.25, 0.3) is 0 Å². The number of nitrogens with zero attached hydrogens (tertiary/aromatic N) is 3. The van der Waals surface area contributed by atoms with Crippen molar-refractivity contribution in [2.45, 2.75) is 12.5 Å². The number of piperidine rings is 1. The van der Waals surface area contributed by atoms with Crippen LogP contribution in [0.25, 0.3) is 0 Å². The molecule has 2 heterocycles. The van der Waals surface area contributed by atoms with Crippen molar-refractivity contribution in [1.82, 2.24) is 14.7 Å². The highest BCUT2D eigenvalue weighted by Gasteiger charge is 2.27. The molecule has 0 radical (unpaired) electrons. The normalized spacial score (nSPS) is 35.4. The zero-order valence-electron chi connectivity index (χ0n) is 10.7. The maximum atomic E-state index is 6.22. The SMILES string of the molecule is CN1CCN(CC2CN(C)CCC2N)CC1. The van der Waals surface area contributed by atoms with Crippen molar-refractivity contribution < 1.29 is 0 Å². The van der Waals surface area contributed by atoms with Gasteiger partial charge in [-0.1, -0.05) is 0 Å². The van der Waals surface area contributed by atoms with E-state index in [0.717, 1.165) is 6.42 Å². The fourth-order valence-electron chi connectivity index (χ4n) is 2.79. The van der Waals surface area contributed by atoms with Crippen molar-refractivity contribution in [2.24, 2.45) is 11.7 Å². The molecule has 0 aliphatic carbocycles. The van der Waals surface area contributed by atoms with Gasteiger partial charge in [0.1, 0.15) is 0 Å². The van der Waals surface area contributed by atoms with Crippen molar-refractivity contribution in [3.8, 4) is 0 Å². The summed E-state index contributed by atoms with van der Waals surface area (Å²) in [5, 5.41) is 0. The molecule has 0 saturated carbocycles. The summed E-state index contributed by atoms with van der Waals surface area (Å²) in [6.07, 6.45) is 1.16. The summed E-state index contributed by atoms with van der Waals surface area (Å²) in [7, 11) is 4.42. The van der Waals surface area contributed by atoms with Gasteiger partial charge < -0.3 is 20.4 Å². The van der Waals surface area contributed by atoms with Gasteiger partial charge in [0.2, 0.25) is 0 Å². The van der Waals surface area contributed by atoms with Gasteiger partial charge in [0.15, 0.2) is 0 Å². The first-order chi connectivity index (χ1) is 7.65. The average Bonchev–Trinajstić information content (AvgIpc) is 2.27. The molecular weight excluding hydrogens is 200 g/mol. The second-order valence-corrected chi connectivity index (χ2v) is 5.58. The lowest BCUT2D eigenvalue weighted by atomic mass is 9.92. The Kier molecular flexibility index (Phi) is 4.19. The largest absolute Gasteiger partial charge is 0.327 e. The average molecular weight is 226 g/mol. The van der Waals surface area contributed by atoms with Crippen molar-refractivity contribution in [1.29, 1.82) is 0 Å². The van der Waals surface area contributed by atoms with E-state index in [1.807, 2.05) is 0 Å². The van der Waals surface area contributed by atoms with Crippen molar-refractivity contribution in [3.63, 3.8) is 0 Å². The fourth-order valence-corrected chi connectivity index (χ4v) is 2.79. The summed E-state index contributed by atoms with van der Waals surface area (Å²) in [5.41, 5.74) is 6.22. The van der Waals surface area contributed by atoms with E-state index >= 15 is 0 Å². The molecule has 2 aliphatic rings. The molecule has 0 bridgehead atoms. The first-order valence-corrected chi connectivity index (χ1v) is 6.50. The van der Waals surface area contributed by atoms with Gasteiger partial charge in [-0.2, -0.15) is 0 Å². The number of hydrogen-bond acceptors (Lipinski definition) is 4. The third-order valence-electron chi connectivity index (χ3n) is 4.08. The summed E-state index contributed by atoms with van der Waals surface area (Å²) in [6.45, 7) is 8.37. The number of nitrogens with two attached hydrogens (primary N) is 1. The lowest BCUT2D eigenvalue weighted by Gasteiger charge is -2.40. The molecule has 0 spiro atoms. The van der Waals surface area contributed by atoms with Crippen molar-refractivity contribution in [3.05, 3.63) is 0 Å². The van der Waals surface area contributed by atoms with Crippen LogP contribution < -0.4 is 5.73 Å². The van der Waals surface area contributed by atoms with Crippen LogP contribution in [0.3, 0.4) is 0 Å². The third-order valence-corrected chi connectivity index (χ3v) is 4.08. The minimum Gasteiger partial charge on any atom is -0.327 e. The van der Waals surface area contributed by atoms with Crippen molar-refractivity contribution in [2.75, 3.05) is 59.9 Å². The van der Waals surface area contributed by atoms with Gasteiger partial charge in [0.05, 0.1) is 0 Å². The van der Waals surface area contributed by atoms with E-state index in [9.17, 15) is 0 Å². The van der Waals surface area contributed by atoms with Crippen LogP contribution in [0.2, 0.25) is 0 Å². The number of rotatable bonds is 2. The van der Waals surface area contributed by atoms with Crippen LogP contribution in [0.4, 0.5) is 0 Å². The van der Waals surface area contributed by atoms with Crippen LogP contribution in [0.15, 0.2) is 0 Å². The Morgan fingerprint density at radius 2 is 1.69 bits per heavy atom. The highest BCUT2D eigenvalue weighted by molar-refractivity contribution is 4.84. The standard InChI is InChI=1S/C12H26N4/c1-14-5-7-16(8-6-14)10-11-9-15(2)4-3-12(11)13/h11-12H,3-10,13H2,1-2H3. The minimum absolute atomic E-state index is 0.413. The zero-order valence-corrected chi connectivity index (χ0v) is 10.7. The Morgan fingerprint density at radius 3 is 2.38 bits per heavy atom. The van der Waals surface area contributed by atoms with E-state index in [4.69, 9.17) is 5.73 Å². The summed E-state index contributed by atoms with van der Waals surface area (Å²) in [4.78, 5) is 7.41. The third kappa shape index (κ3) is 3.17. The summed E-state index contributed by atoms with van der Waals surface area (Å²) in [6, 6.07) is 0.413. The molecule has 0 aromatic rings. The highest BCUT2D eigenvalue weighted by Crippen LogP contribution is 2.16. The van der Waals surface area contributed by atoms with E-state index in [1.54, 1.807) is 0 Å². The maximum absolute atomic E-state index is 6.22. The smallest absolute Gasteiger partial charge is 0.0110 e. The van der Waals surface area contributed by atoms with E-state index in [1.165, 1.54) is 45.8 Å². The predicted octanol–water partition coefficient (Wildman–Crippen LogP) is -0.487. The molecule has 0 aromatic carbocycles. The first-order valence-electron chi connectivity index (χ1n) is 6.50. The molecule has 2 saturated heterocycles. The summed E-state index contributed by atoms with van der Waals surface area (Å²) < 4.78 is 0. The molecule has 2 unspecified atom stereocenters. The Morgan fingerprint density at radius 1 is 1.00 bits per heavy atom. The molecule has 2 N–H and O–H groups in total. The van der Waals surface area contributed by atoms with Crippen LogP contribution in [-0.2, 0) is 0 Å². The molecule has 94 valence electrons. The molecule has 2 rings (SSSR count). The molecule has 4 heteroatoms. The number of likely N-dealkylation sites (N-methyl/N-ethyl adjacent to an activating group) is 1. The number of likely N-dealkylation sites (tertiary alicyclic amines) is 1. The van der Waals surface area contributed by atoms with Crippen LogP contribution >= 0.6 is 0 Å². The van der Waals surface area contributed by atoms with E-state index in [0.29, 0.717) is 12.0 Å². The second kappa shape index (κ2) is 5.45. The Hall–Kier alpha value is -0.160. The van der Waals surface area contributed by atoms with Gasteiger partial charge in [-0.3, -0.25) is 0 Å². The molecule has 2 aliphatic heterocycles. The van der Waals surface area contributed by atoms with Gasteiger partial charge >= 0.3 is 0 Å². The van der Waals surface area contributed by atoms with Gasteiger partial charge in [-0.05, 0) is 33.0 Å². The molecule has 0 aromatic heterocycles. The van der Waals surface area contributed by atoms with Gasteiger partial charge in [-0.25, -0.2) is 0 Å². The number of hydrogen-bond donors (Lipinski definition) is 1. The second-order valence-electron chi connectivity index (χ2n) is 5.58. The summed E-state index contributed by atoms with van der Waals surface area (Å²) >= 11 is 0. The summed E-state index contributed by atoms with van der Waals surface area (Å²) in [5.74, 6) is 0.669. The first kappa shape index (κ1) is 12.3. The molecule has 4 nitrogen and oxygen atoms in total. The van der Waals surface area contributed by atoms with Crippen molar-refractivity contribution >= 4 is 0 Å². The lowest BCUT2D eigenvalue weighted by Crippen LogP contribution is -2.53. The Balaban J connectivity index is 1.79. The molecule has 16 heavy (non-hydrogen) atoms. The maximum Gasteiger partial charge on any atom is 0.0110 e. The quantitative estimate of drug-likeness (QED) is 0.689. The van der Waals surface area contributed by atoms with Crippen LogP contribution in [-0.4, -0.2) is 80.7 Å². The lowest BCUT2D eigenvalue weighted by molar-refractivity contribution is 0.0980. The molecule has 2 fully saturated rings. The van der Waals surface area contributed by atoms with Crippen LogP contribution in [0.1, 0.15) is 6.42 Å². The monoisotopic (exact) mass is 226 g/mol. The minimum atomic E-state index is 0.413. The Labute approximate surface area is 99.4 Å². The van der Waals surface area contributed by atoms with Gasteiger partial charge in [0, 0.05) is 45.3 Å². The molecule has 0 amide bonds.